The Kier molecular flexibility index (Phi) is 5.02. The van der Waals surface area contributed by atoms with Gasteiger partial charge in [0.25, 0.3) is 11.7 Å². The van der Waals surface area contributed by atoms with Gasteiger partial charge in [0.1, 0.15) is 0 Å². The average Bonchev–Trinajstić information content (AvgIpc) is 2.88. The molecule has 132 valence electrons. The molecule has 1 aromatic carbocycles. The molecule has 1 N–H and O–H groups in total. The van der Waals surface area contributed by atoms with E-state index in [1.165, 1.54) is 5.56 Å². The quantitative estimate of drug-likeness (QED) is 0.688. The fraction of sp³-hybridized carbons (Fsp3) is 0.450. The van der Waals surface area contributed by atoms with Gasteiger partial charge >= 0.3 is 0 Å². The summed E-state index contributed by atoms with van der Waals surface area (Å²) in [7, 11) is 1.78. The van der Waals surface area contributed by atoms with E-state index in [2.05, 4.69) is 34.7 Å². The molecule has 0 atom stereocenters. The largest absolute Gasteiger partial charge is 0.346 e. The van der Waals surface area contributed by atoms with Crippen LogP contribution in [0.15, 0.2) is 30.3 Å². The predicted octanol–water partition coefficient (Wildman–Crippen LogP) is 3.06. The van der Waals surface area contributed by atoms with Gasteiger partial charge in [0.05, 0.1) is 11.3 Å². The van der Waals surface area contributed by atoms with Crippen LogP contribution >= 0.6 is 0 Å². The minimum absolute atomic E-state index is 0.0775. The van der Waals surface area contributed by atoms with Crippen molar-refractivity contribution in [3.8, 4) is 0 Å². The molecule has 0 saturated heterocycles. The van der Waals surface area contributed by atoms with Gasteiger partial charge in [0, 0.05) is 18.8 Å². The number of aromatic nitrogens is 2. The maximum absolute atomic E-state index is 12.5. The van der Waals surface area contributed by atoms with Gasteiger partial charge < -0.3 is 5.32 Å². The first kappa shape index (κ1) is 17.4. The van der Waals surface area contributed by atoms with E-state index in [0.717, 1.165) is 31.4 Å². The molecule has 1 aliphatic carbocycles. The Bertz CT molecular complexity index is 772. The first-order valence-electron chi connectivity index (χ1n) is 8.87. The Morgan fingerprint density at radius 2 is 1.72 bits per heavy atom. The summed E-state index contributed by atoms with van der Waals surface area (Å²) in [6.45, 7) is 3.57. The second kappa shape index (κ2) is 7.21. The van der Waals surface area contributed by atoms with Gasteiger partial charge in [-0.1, -0.05) is 30.3 Å². The normalized spacial score (nSPS) is 20.3. The highest BCUT2D eigenvalue weighted by molar-refractivity contribution is 6.43. The van der Waals surface area contributed by atoms with Crippen molar-refractivity contribution in [2.75, 3.05) is 0 Å². The van der Waals surface area contributed by atoms with Gasteiger partial charge in [-0.2, -0.15) is 5.10 Å². The summed E-state index contributed by atoms with van der Waals surface area (Å²) in [5.74, 6) is -0.441. The fourth-order valence-electron chi connectivity index (χ4n) is 3.76. The molecule has 0 spiro atoms. The number of benzene rings is 1. The molecule has 1 aromatic heterocycles. The van der Waals surface area contributed by atoms with Crippen LogP contribution in [0.4, 0.5) is 0 Å². The highest BCUT2D eigenvalue weighted by Gasteiger charge is 2.28. The van der Waals surface area contributed by atoms with Crippen LogP contribution in [-0.2, 0) is 11.8 Å². The minimum Gasteiger partial charge on any atom is -0.346 e. The molecule has 5 nitrogen and oxygen atoms in total. The van der Waals surface area contributed by atoms with E-state index < -0.39 is 11.7 Å². The monoisotopic (exact) mass is 339 g/mol. The van der Waals surface area contributed by atoms with Crippen molar-refractivity contribution in [3.63, 3.8) is 0 Å². The Morgan fingerprint density at radius 3 is 2.28 bits per heavy atom. The SMILES string of the molecule is Cc1nn(C)c(C)c1C(=O)C(=O)NC1CCC(c2ccccc2)CC1. The third kappa shape index (κ3) is 3.65. The Morgan fingerprint density at radius 1 is 1.08 bits per heavy atom. The van der Waals surface area contributed by atoms with Crippen molar-refractivity contribution >= 4 is 11.7 Å². The van der Waals surface area contributed by atoms with Gasteiger partial charge in [-0.25, -0.2) is 0 Å². The molecular formula is C20H25N3O2. The second-order valence-corrected chi connectivity index (χ2v) is 6.93. The number of Topliss-reactive ketones (excluding diaryl/α,β-unsaturated/α-hetero) is 1. The van der Waals surface area contributed by atoms with Crippen LogP contribution in [0.2, 0.25) is 0 Å². The van der Waals surface area contributed by atoms with Crippen LogP contribution in [0, 0.1) is 13.8 Å². The van der Waals surface area contributed by atoms with Crippen LogP contribution in [-0.4, -0.2) is 27.5 Å². The van der Waals surface area contributed by atoms with E-state index in [-0.39, 0.29) is 6.04 Å². The summed E-state index contributed by atoms with van der Waals surface area (Å²) in [4.78, 5) is 24.9. The third-order valence-electron chi connectivity index (χ3n) is 5.28. The Labute approximate surface area is 148 Å². The Hall–Kier alpha value is -2.43. The number of amides is 1. The molecule has 5 heteroatoms. The number of aryl methyl sites for hydroxylation is 2. The predicted molar refractivity (Wildman–Crippen MR) is 96.6 cm³/mol. The molecule has 0 unspecified atom stereocenters. The molecule has 1 fully saturated rings. The third-order valence-corrected chi connectivity index (χ3v) is 5.28. The molecule has 25 heavy (non-hydrogen) atoms. The molecule has 2 aromatic rings. The average molecular weight is 339 g/mol. The summed E-state index contributed by atoms with van der Waals surface area (Å²) in [5, 5.41) is 7.15. The van der Waals surface area contributed by atoms with Gasteiger partial charge in [0.15, 0.2) is 0 Å². The number of hydrogen-bond acceptors (Lipinski definition) is 3. The number of hydrogen-bond donors (Lipinski definition) is 1. The van der Waals surface area contributed by atoms with E-state index in [1.807, 2.05) is 13.0 Å². The molecule has 1 heterocycles. The Balaban J connectivity index is 1.58. The highest BCUT2D eigenvalue weighted by Crippen LogP contribution is 2.32. The number of carbonyl (C=O) groups is 2. The lowest BCUT2D eigenvalue weighted by atomic mass is 9.81. The lowest BCUT2D eigenvalue weighted by molar-refractivity contribution is -0.117. The zero-order valence-electron chi connectivity index (χ0n) is 15.1. The van der Waals surface area contributed by atoms with Gasteiger partial charge in [0.2, 0.25) is 0 Å². The summed E-state index contributed by atoms with van der Waals surface area (Å²) in [6.07, 6.45) is 3.88. The first-order valence-corrected chi connectivity index (χ1v) is 8.87. The van der Waals surface area contributed by atoms with E-state index in [0.29, 0.717) is 17.2 Å². The summed E-state index contributed by atoms with van der Waals surface area (Å²) < 4.78 is 1.64. The van der Waals surface area contributed by atoms with Crippen LogP contribution < -0.4 is 5.32 Å². The van der Waals surface area contributed by atoms with Crippen molar-refractivity contribution in [1.29, 1.82) is 0 Å². The van der Waals surface area contributed by atoms with E-state index >= 15 is 0 Å². The second-order valence-electron chi connectivity index (χ2n) is 6.93. The maximum Gasteiger partial charge on any atom is 0.292 e. The summed E-state index contributed by atoms with van der Waals surface area (Å²) in [6, 6.07) is 10.6. The smallest absolute Gasteiger partial charge is 0.292 e. The van der Waals surface area contributed by atoms with Crippen molar-refractivity contribution in [1.82, 2.24) is 15.1 Å². The molecule has 1 amide bonds. The maximum atomic E-state index is 12.5. The summed E-state index contributed by atoms with van der Waals surface area (Å²) in [5.41, 5.74) is 3.13. The van der Waals surface area contributed by atoms with E-state index in [4.69, 9.17) is 0 Å². The van der Waals surface area contributed by atoms with E-state index in [9.17, 15) is 9.59 Å². The molecular weight excluding hydrogens is 314 g/mol. The molecule has 3 rings (SSSR count). The van der Waals surface area contributed by atoms with Gasteiger partial charge in [-0.15, -0.1) is 0 Å². The van der Waals surface area contributed by atoms with Crippen LogP contribution in [0.3, 0.4) is 0 Å². The number of ketones is 1. The van der Waals surface area contributed by atoms with Crippen molar-refractivity contribution in [2.45, 2.75) is 51.5 Å². The number of rotatable bonds is 4. The molecule has 0 radical (unpaired) electrons. The standard InChI is InChI=1S/C20H25N3O2/c1-13-18(14(2)23(3)22-13)19(24)20(25)21-17-11-9-16(10-12-17)15-7-5-4-6-8-15/h4-8,16-17H,9-12H2,1-3H3,(H,21,25). The van der Waals surface area contributed by atoms with Gasteiger partial charge in [-0.05, 0) is 51.0 Å². The molecule has 1 saturated carbocycles. The first-order chi connectivity index (χ1) is 12.0. The lowest BCUT2D eigenvalue weighted by Gasteiger charge is -2.29. The zero-order chi connectivity index (χ0) is 18.0. The topological polar surface area (TPSA) is 64.0 Å². The van der Waals surface area contributed by atoms with Crippen molar-refractivity contribution in [3.05, 3.63) is 52.8 Å². The number of carbonyl (C=O) groups excluding carboxylic acids is 2. The highest BCUT2D eigenvalue weighted by atomic mass is 16.2. The van der Waals surface area contributed by atoms with Crippen molar-refractivity contribution in [2.24, 2.45) is 7.05 Å². The number of nitrogens with zero attached hydrogens (tertiary/aromatic N) is 2. The zero-order valence-corrected chi connectivity index (χ0v) is 15.1. The van der Waals surface area contributed by atoms with Crippen LogP contribution in [0.5, 0.6) is 0 Å². The number of nitrogens with one attached hydrogen (secondary N) is 1. The lowest BCUT2D eigenvalue weighted by Crippen LogP contribution is -2.41. The molecule has 1 aliphatic rings. The van der Waals surface area contributed by atoms with E-state index in [1.54, 1.807) is 18.7 Å². The molecule has 0 aliphatic heterocycles. The van der Waals surface area contributed by atoms with Crippen LogP contribution in [0.25, 0.3) is 0 Å². The fourth-order valence-corrected chi connectivity index (χ4v) is 3.76. The van der Waals surface area contributed by atoms with Crippen LogP contribution in [0.1, 0.15) is 58.9 Å². The van der Waals surface area contributed by atoms with Gasteiger partial charge in [-0.3, -0.25) is 14.3 Å². The summed E-state index contributed by atoms with van der Waals surface area (Å²) >= 11 is 0. The minimum atomic E-state index is -0.512. The van der Waals surface area contributed by atoms with Crippen molar-refractivity contribution < 1.29 is 9.59 Å². The molecule has 0 bridgehead atoms.